The zero-order valence-corrected chi connectivity index (χ0v) is 11.6. The molecule has 7 heteroatoms. The van der Waals surface area contributed by atoms with Gasteiger partial charge in [-0.1, -0.05) is 24.4 Å². The lowest BCUT2D eigenvalue weighted by Crippen LogP contribution is -2.28. The van der Waals surface area contributed by atoms with E-state index in [2.05, 4.69) is 5.32 Å². The number of hydrogen-bond acceptors (Lipinski definition) is 4. The summed E-state index contributed by atoms with van der Waals surface area (Å²) in [5.41, 5.74) is 6.79. The molecule has 1 aromatic rings. The van der Waals surface area contributed by atoms with Crippen molar-refractivity contribution in [3.63, 3.8) is 0 Å². The molecule has 1 heterocycles. The Morgan fingerprint density at radius 3 is 2.85 bits per heavy atom. The molecule has 20 heavy (non-hydrogen) atoms. The first-order valence-electron chi connectivity index (χ1n) is 6.18. The van der Waals surface area contributed by atoms with Crippen molar-refractivity contribution in [2.24, 2.45) is 5.73 Å². The van der Waals surface area contributed by atoms with Crippen LogP contribution >= 0.6 is 12.2 Å². The van der Waals surface area contributed by atoms with E-state index in [1.807, 2.05) is 0 Å². The summed E-state index contributed by atoms with van der Waals surface area (Å²) in [4.78, 5) is 24.8. The van der Waals surface area contributed by atoms with E-state index in [-0.39, 0.29) is 23.4 Å². The molecule has 2 rings (SSSR count). The van der Waals surface area contributed by atoms with Gasteiger partial charge in [-0.3, -0.25) is 4.79 Å². The Balaban J connectivity index is 1.91. The quantitative estimate of drug-likeness (QED) is 0.794. The molecule has 0 aromatic heterocycles. The van der Waals surface area contributed by atoms with Crippen LogP contribution in [0.15, 0.2) is 24.3 Å². The molecule has 3 N–H and O–H groups in total. The molecule has 0 spiro atoms. The Hall–Kier alpha value is -2.15. The summed E-state index contributed by atoms with van der Waals surface area (Å²) < 4.78 is 4.79. The Morgan fingerprint density at radius 1 is 1.45 bits per heavy atom. The first-order chi connectivity index (χ1) is 9.58. The highest BCUT2D eigenvalue weighted by molar-refractivity contribution is 7.80. The van der Waals surface area contributed by atoms with Crippen LogP contribution < -0.4 is 11.1 Å². The average molecular weight is 293 g/mol. The van der Waals surface area contributed by atoms with Crippen LogP contribution in [0.5, 0.6) is 0 Å². The molecule has 0 bridgehead atoms. The number of hydrogen-bond donors (Lipinski definition) is 2. The van der Waals surface area contributed by atoms with Gasteiger partial charge in [-0.05, 0) is 12.1 Å². The standard InChI is InChI=1S/C13H15N3O3S/c14-12(20)9-3-1-2-4-10(9)15-11(17)5-6-16-7-8-19-13(16)18/h1-4H,5-8H2,(H2,14,20)(H,15,17). The van der Waals surface area contributed by atoms with Crippen molar-refractivity contribution in [2.75, 3.05) is 25.0 Å². The monoisotopic (exact) mass is 293 g/mol. The lowest BCUT2D eigenvalue weighted by molar-refractivity contribution is -0.116. The SMILES string of the molecule is NC(=S)c1ccccc1NC(=O)CCN1CCOC1=O. The third-order valence-electron chi connectivity index (χ3n) is 2.92. The molecule has 0 aliphatic carbocycles. The molecule has 6 nitrogen and oxygen atoms in total. The van der Waals surface area contributed by atoms with Crippen LogP contribution in [-0.4, -0.2) is 41.6 Å². The topological polar surface area (TPSA) is 84.7 Å². The number of nitrogens with two attached hydrogens (primary N) is 1. The van der Waals surface area contributed by atoms with Crippen LogP contribution in [0, 0.1) is 0 Å². The van der Waals surface area contributed by atoms with Gasteiger partial charge in [0, 0.05) is 18.5 Å². The van der Waals surface area contributed by atoms with Gasteiger partial charge in [0.15, 0.2) is 0 Å². The number of nitrogens with zero attached hydrogens (tertiary/aromatic N) is 1. The zero-order chi connectivity index (χ0) is 14.5. The van der Waals surface area contributed by atoms with Crippen LogP contribution in [0.1, 0.15) is 12.0 Å². The summed E-state index contributed by atoms with van der Waals surface area (Å²) in [6, 6.07) is 7.06. The van der Waals surface area contributed by atoms with Crippen LogP contribution in [0.3, 0.4) is 0 Å². The largest absolute Gasteiger partial charge is 0.448 e. The molecule has 0 atom stereocenters. The number of para-hydroxylation sites is 1. The van der Waals surface area contributed by atoms with E-state index >= 15 is 0 Å². The molecule has 2 amide bonds. The van der Waals surface area contributed by atoms with Crippen molar-refractivity contribution >= 4 is 34.9 Å². The van der Waals surface area contributed by atoms with E-state index in [0.29, 0.717) is 30.9 Å². The molecule has 0 radical (unpaired) electrons. The highest BCUT2D eigenvalue weighted by atomic mass is 32.1. The third kappa shape index (κ3) is 3.45. The second-order valence-electron chi connectivity index (χ2n) is 4.31. The van der Waals surface area contributed by atoms with E-state index in [0.717, 1.165) is 0 Å². The third-order valence-corrected chi connectivity index (χ3v) is 3.14. The summed E-state index contributed by atoms with van der Waals surface area (Å²) in [5, 5.41) is 2.75. The minimum Gasteiger partial charge on any atom is -0.448 e. The molecule has 0 saturated carbocycles. The van der Waals surface area contributed by atoms with Gasteiger partial charge in [0.05, 0.1) is 12.2 Å². The summed E-state index contributed by atoms with van der Waals surface area (Å²) in [6.07, 6.45) is -0.179. The number of nitrogens with one attached hydrogen (secondary N) is 1. The lowest BCUT2D eigenvalue weighted by Gasteiger charge is -2.13. The second kappa shape index (κ2) is 6.33. The summed E-state index contributed by atoms with van der Waals surface area (Å²) in [7, 11) is 0. The summed E-state index contributed by atoms with van der Waals surface area (Å²) in [6.45, 7) is 1.24. The van der Waals surface area contributed by atoms with E-state index in [1.54, 1.807) is 24.3 Å². The Morgan fingerprint density at radius 2 is 2.20 bits per heavy atom. The van der Waals surface area contributed by atoms with Crippen LogP contribution in [-0.2, 0) is 9.53 Å². The first-order valence-corrected chi connectivity index (χ1v) is 6.59. The molecular weight excluding hydrogens is 278 g/mol. The maximum absolute atomic E-state index is 11.9. The van der Waals surface area contributed by atoms with Crippen LogP contribution in [0.2, 0.25) is 0 Å². The molecule has 1 aliphatic heterocycles. The van der Waals surface area contributed by atoms with E-state index in [9.17, 15) is 9.59 Å². The number of benzene rings is 1. The van der Waals surface area contributed by atoms with Crippen molar-refractivity contribution in [3.8, 4) is 0 Å². The van der Waals surface area contributed by atoms with Crippen molar-refractivity contribution < 1.29 is 14.3 Å². The molecule has 106 valence electrons. The number of amides is 2. The number of carbonyl (C=O) groups excluding carboxylic acids is 2. The number of carbonyl (C=O) groups is 2. The molecule has 1 aromatic carbocycles. The lowest BCUT2D eigenvalue weighted by atomic mass is 10.1. The van der Waals surface area contributed by atoms with Gasteiger partial charge in [0.2, 0.25) is 5.91 Å². The molecule has 1 fully saturated rings. The van der Waals surface area contributed by atoms with E-state index in [1.165, 1.54) is 4.90 Å². The predicted molar refractivity (Wildman–Crippen MR) is 78.5 cm³/mol. The highest BCUT2D eigenvalue weighted by Gasteiger charge is 2.22. The highest BCUT2D eigenvalue weighted by Crippen LogP contribution is 2.15. The fourth-order valence-corrected chi connectivity index (χ4v) is 2.06. The van der Waals surface area contributed by atoms with Gasteiger partial charge in [0.25, 0.3) is 0 Å². The Labute approximate surface area is 121 Å². The normalized spacial score (nSPS) is 14.0. The van der Waals surface area contributed by atoms with Crippen molar-refractivity contribution in [1.29, 1.82) is 0 Å². The first kappa shape index (κ1) is 14.3. The van der Waals surface area contributed by atoms with Gasteiger partial charge in [0.1, 0.15) is 11.6 Å². The number of thiocarbonyl (C=S) groups is 1. The van der Waals surface area contributed by atoms with Crippen LogP contribution in [0.4, 0.5) is 10.5 Å². The molecule has 1 saturated heterocycles. The number of anilines is 1. The molecule has 1 aliphatic rings. The zero-order valence-electron chi connectivity index (χ0n) is 10.8. The van der Waals surface area contributed by atoms with Gasteiger partial charge in [-0.25, -0.2) is 4.79 Å². The minimum absolute atomic E-state index is 0.195. The summed E-state index contributed by atoms with van der Waals surface area (Å²) in [5.74, 6) is -0.201. The minimum atomic E-state index is -0.374. The van der Waals surface area contributed by atoms with Gasteiger partial charge >= 0.3 is 6.09 Å². The van der Waals surface area contributed by atoms with Gasteiger partial charge < -0.3 is 20.7 Å². The second-order valence-corrected chi connectivity index (χ2v) is 4.75. The number of ether oxygens (including phenoxy) is 1. The fraction of sp³-hybridized carbons (Fsp3) is 0.308. The number of cyclic esters (lactones) is 1. The van der Waals surface area contributed by atoms with Gasteiger partial charge in [-0.2, -0.15) is 0 Å². The molecular formula is C13H15N3O3S. The average Bonchev–Trinajstić information content (AvgIpc) is 2.82. The molecule has 0 unspecified atom stereocenters. The van der Waals surface area contributed by atoms with Crippen molar-refractivity contribution in [1.82, 2.24) is 4.90 Å². The van der Waals surface area contributed by atoms with E-state index < -0.39 is 0 Å². The van der Waals surface area contributed by atoms with Crippen LogP contribution in [0.25, 0.3) is 0 Å². The van der Waals surface area contributed by atoms with E-state index in [4.69, 9.17) is 22.7 Å². The van der Waals surface area contributed by atoms with Crippen molar-refractivity contribution in [2.45, 2.75) is 6.42 Å². The maximum atomic E-state index is 11.9. The number of rotatable bonds is 5. The Kier molecular flexibility index (Phi) is 4.52. The van der Waals surface area contributed by atoms with Gasteiger partial charge in [-0.15, -0.1) is 0 Å². The van der Waals surface area contributed by atoms with Crippen molar-refractivity contribution in [3.05, 3.63) is 29.8 Å². The summed E-state index contributed by atoms with van der Waals surface area (Å²) >= 11 is 4.93. The fourth-order valence-electron chi connectivity index (χ4n) is 1.89. The Bertz CT molecular complexity index is 547. The predicted octanol–water partition coefficient (Wildman–Crippen LogP) is 1.10. The smallest absolute Gasteiger partial charge is 0.409 e. The maximum Gasteiger partial charge on any atom is 0.409 e.